The second kappa shape index (κ2) is 4.04. The normalized spacial score (nSPS) is 26.3. The van der Waals surface area contributed by atoms with Gasteiger partial charge in [0.25, 0.3) is 0 Å². The number of hydrogen-bond donors (Lipinski definition) is 2. The zero-order chi connectivity index (χ0) is 9.97. The second-order valence-corrected chi connectivity index (χ2v) is 3.93. The number of aliphatic hydroxyl groups excluding tert-OH is 2. The summed E-state index contributed by atoms with van der Waals surface area (Å²) in [6.45, 7) is 0. The summed E-state index contributed by atoms with van der Waals surface area (Å²) in [5.74, 6) is 0. The lowest BCUT2D eigenvalue weighted by atomic mass is 9.95. The maximum absolute atomic E-state index is 9.65. The topological polar surface area (TPSA) is 53.4 Å². The van der Waals surface area contributed by atoms with Gasteiger partial charge in [-0.3, -0.25) is 0 Å². The summed E-state index contributed by atoms with van der Waals surface area (Å²) in [5.41, 5.74) is 1.91. The van der Waals surface area contributed by atoms with E-state index in [2.05, 4.69) is 4.37 Å². The molecule has 74 valence electrons. The highest BCUT2D eigenvalue weighted by Gasteiger charge is 2.20. The van der Waals surface area contributed by atoms with Crippen LogP contribution in [0.1, 0.15) is 5.56 Å². The van der Waals surface area contributed by atoms with Crippen LogP contribution in [0.5, 0.6) is 0 Å². The largest absolute Gasteiger partial charge is 0.386 e. The Morgan fingerprint density at radius 3 is 3.00 bits per heavy atom. The minimum Gasteiger partial charge on any atom is -0.386 e. The molecule has 2 unspecified atom stereocenters. The summed E-state index contributed by atoms with van der Waals surface area (Å²) in [7, 11) is 0. The number of aliphatic hydroxyl groups is 2. The van der Waals surface area contributed by atoms with Gasteiger partial charge in [-0.2, -0.15) is 0 Å². The Kier molecular flexibility index (Phi) is 2.77. The van der Waals surface area contributed by atoms with Crippen molar-refractivity contribution in [1.29, 1.82) is 0 Å². The predicted molar refractivity (Wildman–Crippen MR) is 55.1 cm³/mol. The van der Waals surface area contributed by atoms with Crippen molar-refractivity contribution in [2.24, 2.45) is 0 Å². The summed E-state index contributed by atoms with van der Waals surface area (Å²) < 4.78 is 3.98. The lowest BCUT2D eigenvalue weighted by Gasteiger charge is -2.20. The quantitative estimate of drug-likeness (QED) is 0.761. The molecule has 14 heavy (non-hydrogen) atoms. The maximum atomic E-state index is 9.65. The van der Waals surface area contributed by atoms with E-state index in [1.807, 2.05) is 11.5 Å². The third-order valence-corrected chi connectivity index (χ3v) is 2.85. The highest BCUT2D eigenvalue weighted by molar-refractivity contribution is 7.03. The molecule has 0 radical (unpaired) electrons. The van der Waals surface area contributed by atoms with Crippen molar-refractivity contribution in [3.05, 3.63) is 40.9 Å². The van der Waals surface area contributed by atoms with Gasteiger partial charge < -0.3 is 10.2 Å². The first-order chi connectivity index (χ1) is 6.77. The molecule has 2 atom stereocenters. The van der Waals surface area contributed by atoms with E-state index in [1.54, 1.807) is 18.3 Å². The van der Waals surface area contributed by atoms with Gasteiger partial charge in [-0.05, 0) is 29.1 Å². The van der Waals surface area contributed by atoms with E-state index >= 15 is 0 Å². The Morgan fingerprint density at radius 1 is 1.43 bits per heavy atom. The van der Waals surface area contributed by atoms with Gasteiger partial charge in [-0.15, -0.1) is 0 Å². The maximum Gasteiger partial charge on any atom is 0.105 e. The highest BCUT2D eigenvalue weighted by Crippen LogP contribution is 2.18. The predicted octanol–water partition coefficient (Wildman–Crippen LogP) is 0.904. The molecular formula is C10H11NO2S. The molecule has 0 aromatic carbocycles. The second-order valence-electron chi connectivity index (χ2n) is 3.27. The molecule has 1 aromatic rings. The SMILES string of the molecule is OC1C=CC=C(Cc2cnsc2)C1O. The number of nitrogens with zero attached hydrogens (tertiary/aromatic N) is 1. The van der Waals surface area contributed by atoms with E-state index in [4.69, 9.17) is 0 Å². The Balaban J connectivity index is 2.11. The van der Waals surface area contributed by atoms with Gasteiger partial charge in [0, 0.05) is 11.6 Å². The van der Waals surface area contributed by atoms with E-state index in [-0.39, 0.29) is 0 Å². The fraction of sp³-hybridized carbons (Fsp3) is 0.300. The summed E-state index contributed by atoms with van der Waals surface area (Å²) >= 11 is 1.39. The molecule has 1 aliphatic rings. The molecule has 1 aliphatic carbocycles. The molecule has 1 aromatic heterocycles. The van der Waals surface area contributed by atoms with Crippen LogP contribution in [-0.4, -0.2) is 26.8 Å². The van der Waals surface area contributed by atoms with E-state index in [9.17, 15) is 10.2 Å². The van der Waals surface area contributed by atoms with E-state index in [1.165, 1.54) is 11.5 Å². The van der Waals surface area contributed by atoms with E-state index in [0.29, 0.717) is 6.42 Å². The van der Waals surface area contributed by atoms with Crippen molar-refractivity contribution in [3.8, 4) is 0 Å². The molecule has 0 aliphatic heterocycles. The lowest BCUT2D eigenvalue weighted by Crippen LogP contribution is -2.28. The molecule has 0 saturated carbocycles. The summed E-state index contributed by atoms with van der Waals surface area (Å²) in [5, 5.41) is 21.0. The zero-order valence-electron chi connectivity index (χ0n) is 7.50. The van der Waals surface area contributed by atoms with Gasteiger partial charge in [0.2, 0.25) is 0 Å². The van der Waals surface area contributed by atoms with Gasteiger partial charge in [0.05, 0.1) is 0 Å². The molecule has 2 rings (SSSR count). The average Bonchev–Trinajstić information content (AvgIpc) is 2.66. The van der Waals surface area contributed by atoms with Gasteiger partial charge in [-0.25, -0.2) is 4.37 Å². The average molecular weight is 209 g/mol. The van der Waals surface area contributed by atoms with Crippen LogP contribution in [-0.2, 0) is 6.42 Å². The van der Waals surface area contributed by atoms with Crippen LogP contribution >= 0.6 is 11.5 Å². The fourth-order valence-corrected chi connectivity index (χ4v) is 1.97. The van der Waals surface area contributed by atoms with Crippen molar-refractivity contribution in [3.63, 3.8) is 0 Å². The first-order valence-electron chi connectivity index (χ1n) is 4.39. The third kappa shape index (κ3) is 1.92. The molecule has 4 heteroatoms. The van der Waals surface area contributed by atoms with E-state index in [0.717, 1.165) is 11.1 Å². The standard InChI is InChI=1S/C10H11NO2S/c12-9-3-1-2-8(10(9)13)4-7-5-11-14-6-7/h1-3,5-6,9-10,12-13H,4H2. The van der Waals surface area contributed by atoms with Gasteiger partial charge in [0.15, 0.2) is 0 Å². The molecule has 1 heterocycles. The number of rotatable bonds is 2. The van der Waals surface area contributed by atoms with Crippen LogP contribution in [0.4, 0.5) is 0 Å². The molecule has 0 fully saturated rings. The Bertz CT molecular complexity index is 356. The molecule has 3 nitrogen and oxygen atoms in total. The minimum atomic E-state index is -0.778. The summed E-state index contributed by atoms with van der Waals surface area (Å²) in [6.07, 6.45) is 6.07. The number of hydrogen-bond acceptors (Lipinski definition) is 4. The summed E-state index contributed by atoms with van der Waals surface area (Å²) in [4.78, 5) is 0. The van der Waals surface area contributed by atoms with Crippen LogP contribution in [0.15, 0.2) is 35.4 Å². The van der Waals surface area contributed by atoms with Crippen molar-refractivity contribution in [2.75, 3.05) is 0 Å². The number of allylic oxidation sites excluding steroid dienone is 2. The Morgan fingerprint density at radius 2 is 2.29 bits per heavy atom. The van der Waals surface area contributed by atoms with Crippen molar-refractivity contribution >= 4 is 11.5 Å². The van der Waals surface area contributed by atoms with Crippen LogP contribution < -0.4 is 0 Å². The van der Waals surface area contributed by atoms with Gasteiger partial charge in [-0.1, -0.05) is 18.2 Å². The molecular weight excluding hydrogens is 198 g/mol. The lowest BCUT2D eigenvalue weighted by molar-refractivity contribution is 0.0700. The highest BCUT2D eigenvalue weighted by atomic mass is 32.1. The Labute approximate surface area is 86.2 Å². The first kappa shape index (κ1) is 9.58. The van der Waals surface area contributed by atoms with Crippen molar-refractivity contribution in [2.45, 2.75) is 18.6 Å². The zero-order valence-corrected chi connectivity index (χ0v) is 8.31. The molecule has 0 amide bonds. The van der Waals surface area contributed by atoms with E-state index < -0.39 is 12.2 Å². The fourth-order valence-electron chi connectivity index (χ4n) is 1.43. The minimum absolute atomic E-state index is 0.652. The van der Waals surface area contributed by atoms with Gasteiger partial charge in [0.1, 0.15) is 12.2 Å². The molecule has 0 spiro atoms. The first-order valence-corrected chi connectivity index (χ1v) is 5.22. The van der Waals surface area contributed by atoms with Crippen LogP contribution in [0.2, 0.25) is 0 Å². The van der Waals surface area contributed by atoms with Gasteiger partial charge >= 0.3 is 0 Å². The van der Waals surface area contributed by atoms with Crippen LogP contribution in [0, 0.1) is 0 Å². The summed E-state index contributed by atoms with van der Waals surface area (Å²) in [6, 6.07) is 0. The third-order valence-electron chi connectivity index (χ3n) is 2.21. The number of aromatic nitrogens is 1. The molecule has 2 N–H and O–H groups in total. The van der Waals surface area contributed by atoms with Crippen LogP contribution in [0.25, 0.3) is 0 Å². The molecule has 0 bridgehead atoms. The molecule has 0 saturated heterocycles. The monoisotopic (exact) mass is 209 g/mol. The Hall–Kier alpha value is -0.970. The van der Waals surface area contributed by atoms with Crippen LogP contribution in [0.3, 0.4) is 0 Å². The van der Waals surface area contributed by atoms with Crippen molar-refractivity contribution < 1.29 is 10.2 Å². The van der Waals surface area contributed by atoms with Crippen molar-refractivity contribution in [1.82, 2.24) is 4.37 Å². The smallest absolute Gasteiger partial charge is 0.105 e.